The third-order valence-corrected chi connectivity index (χ3v) is 6.58. The molecule has 1 aromatic heterocycles. The highest BCUT2D eigenvalue weighted by molar-refractivity contribution is 5.96. The number of carboxylic acid groups (broad SMARTS) is 1. The number of ether oxygens (including phenoxy) is 1. The summed E-state index contributed by atoms with van der Waals surface area (Å²) in [5.41, 5.74) is 2.92. The van der Waals surface area contributed by atoms with E-state index in [0.717, 1.165) is 5.69 Å². The topological polar surface area (TPSA) is 106 Å². The minimum atomic E-state index is -1.01. The molecule has 2 aromatic carbocycles. The van der Waals surface area contributed by atoms with Crippen LogP contribution in [-0.2, 0) is 4.74 Å². The van der Waals surface area contributed by atoms with E-state index in [0.29, 0.717) is 75.1 Å². The molecular formula is C27H28N4O5. The lowest BCUT2D eigenvalue weighted by Crippen LogP contribution is -2.48. The molecule has 186 valence electrons. The lowest BCUT2D eigenvalue weighted by Gasteiger charge is -2.36. The fourth-order valence-corrected chi connectivity index (χ4v) is 4.57. The Morgan fingerprint density at radius 2 is 1.53 bits per heavy atom. The summed E-state index contributed by atoms with van der Waals surface area (Å²) >= 11 is 0. The third-order valence-electron chi connectivity index (χ3n) is 6.58. The van der Waals surface area contributed by atoms with Crippen molar-refractivity contribution in [1.29, 1.82) is 0 Å². The summed E-state index contributed by atoms with van der Waals surface area (Å²) in [5.74, 6) is -0.175. The van der Waals surface area contributed by atoms with Gasteiger partial charge in [0.1, 0.15) is 11.6 Å². The average Bonchev–Trinajstić information content (AvgIpc) is 2.93. The molecular weight excluding hydrogens is 460 g/mol. The maximum absolute atomic E-state index is 13.6. The van der Waals surface area contributed by atoms with Crippen molar-refractivity contribution in [2.45, 2.75) is 0 Å². The van der Waals surface area contributed by atoms with Crippen LogP contribution in [0.1, 0.15) is 20.7 Å². The molecule has 2 aliphatic heterocycles. The molecule has 2 saturated heterocycles. The fraction of sp³-hybridized carbons (Fsp3) is 0.296. The van der Waals surface area contributed by atoms with Crippen LogP contribution in [0.2, 0.25) is 0 Å². The molecule has 0 aliphatic carbocycles. The Labute approximate surface area is 209 Å². The van der Waals surface area contributed by atoms with Gasteiger partial charge in [0.05, 0.1) is 24.5 Å². The van der Waals surface area contributed by atoms with E-state index in [2.05, 4.69) is 9.80 Å². The minimum absolute atomic E-state index is 0.0760. The molecule has 2 aliphatic rings. The van der Waals surface area contributed by atoms with Crippen molar-refractivity contribution in [3.63, 3.8) is 0 Å². The number of aromatic hydroxyl groups is 1. The summed E-state index contributed by atoms with van der Waals surface area (Å²) in [6, 6.07) is 17.3. The van der Waals surface area contributed by atoms with Gasteiger partial charge in [-0.3, -0.25) is 4.79 Å². The van der Waals surface area contributed by atoms with Crippen LogP contribution in [0.5, 0.6) is 5.75 Å². The number of pyridine rings is 1. The molecule has 9 nitrogen and oxygen atoms in total. The van der Waals surface area contributed by atoms with E-state index in [1.807, 2.05) is 29.2 Å². The van der Waals surface area contributed by atoms with Crippen molar-refractivity contribution >= 4 is 23.4 Å². The normalized spacial score (nSPS) is 16.2. The van der Waals surface area contributed by atoms with Crippen LogP contribution in [0, 0.1) is 0 Å². The van der Waals surface area contributed by atoms with E-state index < -0.39 is 5.97 Å². The summed E-state index contributed by atoms with van der Waals surface area (Å²) in [7, 11) is 0. The smallest absolute Gasteiger partial charge is 0.335 e. The Morgan fingerprint density at radius 3 is 2.22 bits per heavy atom. The van der Waals surface area contributed by atoms with Gasteiger partial charge in [-0.1, -0.05) is 12.1 Å². The highest BCUT2D eigenvalue weighted by Gasteiger charge is 2.25. The van der Waals surface area contributed by atoms with Crippen LogP contribution in [0.3, 0.4) is 0 Å². The summed E-state index contributed by atoms with van der Waals surface area (Å²) in [6.07, 6.45) is 0. The van der Waals surface area contributed by atoms with E-state index in [1.54, 1.807) is 30.3 Å². The largest absolute Gasteiger partial charge is 0.508 e. The van der Waals surface area contributed by atoms with Gasteiger partial charge in [0.2, 0.25) is 0 Å². The number of carbonyl (C=O) groups excluding carboxylic acids is 1. The number of benzene rings is 2. The molecule has 2 fully saturated rings. The zero-order valence-electron chi connectivity index (χ0n) is 19.8. The average molecular weight is 489 g/mol. The number of phenols is 1. The number of carboxylic acids is 1. The monoisotopic (exact) mass is 488 g/mol. The molecule has 0 radical (unpaired) electrons. The van der Waals surface area contributed by atoms with Gasteiger partial charge in [-0.25, -0.2) is 9.78 Å². The van der Waals surface area contributed by atoms with Crippen LogP contribution in [0.25, 0.3) is 11.3 Å². The first-order valence-electron chi connectivity index (χ1n) is 12.0. The molecule has 5 rings (SSSR count). The molecule has 3 aromatic rings. The van der Waals surface area contributed by atoms with E-state index in [9.17, 15) is 19.8 Å². The molecule has 2 N–H and O–H groups in total. The van der Waals surface area contributed by atoms with Crippen molar-refractivity contribution in [3.8, 4) is 17.0 Å². The Bertz CT molecular complexity index is 1250. The number of morpholine rings is 1. The van der Waals surface area contributed by atoms with Gasteiger partial charge in [0, 0.05) is 56.1 Å². The minimum Gasteiger partial charge on any atom is -0.508 e. The van der Waals surface area contributed by atoms with Gasteiger partial charge in [-0.2, -0.15) is 0 Å². The summed E-state index contributed by atoms with van der Waals surface area (Å²) in [4.78, 5) is 36.0. The van der Waals surface area contributed by atoms with Crippen LogP contribution in [-0.4, -0.2) is 84.5 Å². The first kappa shape index (κ1) is 23.6. The first-order chi connectivity index (χ1) is 17.5. The number of amides is 1. The maximum atomic E-state index is 13.6. The predicted molar refractivity (Wildman–Crippen MR) is 136 cm³/mol. The fourth-order valence-electron chi connectivity index (χ4n) is 4.57. The summed E-state index contributed by atoms with van der Waals surface area (Å²) in [5, 5.41) is 19.0. The number of piperazine rings is 1. The van der Waals surface area contributed by atoms with E-state index in [-0.39, 0.29) is 17.2 Å². The van der Waals surface area contributed by atoms with E-state index in [4.69, 9.17) is 9.72 Å². The Hall–Kier alpha value is -4.11. The molecule has 36 heavy (non-hydrogen) atoms. The van der Waals surface area contributed by atoms with Gasteiger partial charge in [-0.05, 0) is 48.5 Å². The van der Waals surface area contributed by atoms with Crippen molar-refractivity contribution in [1.82, 2.24) is 9.88 Å². The van der Waals surface area contributed by atoms with Crippen LogP contribution in [0.15, 0.2) is 60.7 Å². The number of nitrogens with zero attached hydrogens (tertiary/aromatic N) is 4. The van der Waals surface area contributed by atoms with Crippen molar-refractivity contribution < 1.29 is 24.5 Å². The predicted octanol–water partition coefficient (Wildman–Crippen LogP) is 2.95. The van der Waals surface area contributed by atoms with Gasteiger partial charge in [0.15, 0.2) is 0 Å². The second kappa shape index (κ2) is 10.2. The molecule has 0 bridgehead atoms. The lowest BCUT2D eigenvalue weighted by atomic mass is 10.0. The zero-order chi connectivity index (χ0) is 25.1. The van der Waals surface area contributed by atoms with Crippen molar-refractivity contribution in [3.05, 3.63) is 71.8 Å². The van der Waals surface area contributed by atoms with Crippen molar-refractivity contribution in [2.24, 2.45) is 0 Å². The molecule has 0 unspecified atom stereocenters. The number of hydrogen-bond donors (Lipinski definition) is 2. The number of aromatic nitrogens is 1. The number of phenolic OH excluding ortho intramolecular Hbond substituents is 1. The molecule has 1 amide bonds. The van der Waals surface area contributed by atoms with E-state index in [1.165, 1.54) is 6.07 Å². The van der Waals surface area contributed by atoms with Crippen LogP contribution < -0.4 is 9.80 Å². The molecule has 0 atom stereocenters. The van der Waals surface area contributed by atoms with Crippen LogP contribution in [0.4, 0.5) is 11.5 Å². The summed E-state index contributed by atoms with van der Waals surface area (Å²) in [6.45, 7) is 5.02. The second-order valence-corrected chi connectivity index (χ2v) is 8.88. The van der Waals surface area contributed by atoms with E-state index >= 15 is 0 Å². The van der Waals surface area contributed by atoms with Crippen LogP contribution >= 0.6 is 0 Å². The van der Waals surface area contributed by atoms with Gasteiger partial charge < -0.3 is 29.6 Å². The van der Waals surface area contributed by atoms with Gasteiger partial charge >= 0.3 is 5.97 Å². The molecule has 3 heterocycles. The summed E-state index contributed by atoms with van der Waals surface area (Å²) < 4.78 is 5.48. The number of aromatic carboxylic acids is 1. The standard InChI is InChI=1S/C27H28N4O5/c32-23-6-4-22(5-7-23)29-8-10-31(11-9-29)26(33)21-17-24(19-2-1-3-20(16-19)27(34)35)28-25(18-21)30-12-14-36-15-13-30/h1-7,16-18,32H,8-15H2,(H,34,35). The van der Waals surface area contributed by atoms with Gasteiger partial charge in [-0.15, -0.1) is 0 Å². The van der Waals surface area contributed by atoms with Gasteiger partial charge in [0.25, 0.3) is 5.91 Å². The number of hydrogen-bond acceptors (Lipinski definition) is 7. The molecule has 0 spiro atoms. The Balaban J connectivity index is 1.41. The second-order valence-electron chi connectivity index (χ2n) is 8.88. The maximum Gasteiger partial charge on any atom is 0.335 e. The third kappa shape index (κ3) is 5.11. The number of carbonyl (C=O) groups is 2. The zero-order valence-corrected chi connectivity index (χ0v) is 19.8. The van der Waals surface area contributed by atoms with Crippen molar-refractivity contribution in [2.75, 3.05) is 62.3 Å². The lowest BCUT2D eigenvalue weighted by molar-refractivity contribution is 0.0695. The first-order valence-corrected chi connectivity index (χ1v) is 12.0. The Morgan fingerprint density at radius 1 is 0.806 bits per heavy atom. The highest BCUT2D eigenvalue weighted by atomic mass is 16.5. The molecule has 9 heteroatoms. The SMILES string of the molecule is O=C(O)c1cccc(-c2cc(C(=O)N3CCN(c4ccc(O)cc4)CC3)cc(N3CCOCC3)n2)c1. The Kier molecular flexibility index (Phi) is 6.73. The number of rotatable bonds is 5. The highest BCUT2D eigenvalue weighted by Crippen LogP contribution is 2.26. The molecule has 0 saturated carbocycles. The quantitative estimate of drug-likeness (QED) is 0.565. The number of anilines is 2.